The number of hydrogen-bond donors (Lipinski definition) is 0. The van der Waals surface area contributed by atoms with Crippen molar-refractivity contribution >= 4 is 10.8 Å². The topological polar surface area (TPSA) is 27.7 Å². The smallest absolute Gasteiger partial charge is 0.161 e. The molecule has 0 aliphatic carbocycles. The second kappa shape index (κ2) is 9.67. The van der Waals surface area contributed by atoms with Gasteiger partial charge in [-0.25, -0.2) is 0 Å². The summed E-state index contributed by atoms with van der Waals surface area (Å²) in [5, 5.41) is 2.43. The first-order chi connectivity index (χ1) is 13.3. The van der Waals surface area contributed by atoms with E-state index in [4.69, 9.17) is 14.2 Å². The summed E-state index contributed by atoms with van der Waals surface area (Å²) in [7, 11) is 1.66. The van der Waals surface area contributed by atoms with E-state index in [1.807, 2.05) is 42.5 Å². The second-order valence-electron chi connectivity index (χ2n) is 6.39. The lowest BCUT2D eigenvalue weighted by atomic mass is 10.1. The average molecular weight is 362 g/mol. The van der Waals surface area contributed by atoms with Gasteiger partial charge in [-0.05, 0) is 59.9 Å². The van der Waals surface area contributed by atoms with Crippen LogP contribution in [0.5, 0.6) is 17.2 Å². The van der Waals surface area contributed by atoms with E-state index in [0.29, 0.717) is 13.2 Å². The molecular formula is C24H26O3. The Balaban J connectivity index is 1.42. The quantitative estimate of drug-likeness (QED) is 0.336. The first-order valence-corrected chi connectivity index (χ1v) is 9.32. The van der Waals surface area contributed by atoms with E-state index in [2.05, 4.69) is 30.8 Å². The predicted octanol–water partition coefficient (Wildman–Crippen LogP) is 5.81. The summed E-state index contributed by atoms with van der Waals surface area (Å²) in [6.45, 7) is 5.08. The molecule has 0 atom stereocenters. The fraction of sp³-hybridized carbons (Fsp3) is 0.250. The van der Waals surface area contributed by atoms with Crippen molar-refractivity contribution in [3.8, 4) is 17.2 Å². The normalized spacial score (nSPS) is 10.6. The SMILES string of the molecule is C=CCc1ccc(OCCCCOc2ccc3ccccc3c2)c(OC)c1. The maximum Gasteiger partial charge on any atom is 0.161 e. The fourth-order valence-electron chi connectivity index (χ4n) is 2.96. The summed E-state index contributed by atoms with van der Waals surface area (Å²) in [6.07, 6.45) is 4.56. The highest BCUT2D eigenvalue weighted by molar-refractivity contribution is 5.83. The molecule has 0 radical (unpaired) electrons. The van der Waals surface area contributed by atoms with Crippen molar-refractivity contribution in [2.45, 2.75) is 19.3 Å². The zero-order chi connectivity index (χ0) is 18.9. The zero-order valence-electron chi connectivity index (χ0n) is 15.8. The average Bonchev–Trinajstić information content (AvgIpc) is 2.71. The van der Waals surface area contributed by atoms with Gasteiger partial charge in [0, 0.05) is 0 Å². The van der Waals surface area contributed by atoms with E-state index in [0.717, 1.165) is 42.1 Å². The Labute approximate surface area is 161 Å². The van der Waals surface area contributed by atoms with Crippen molar-refractivity contribution in [2.75, 3.05) is 20.3 Å². The minimum Gasteiger partial charge on any atom is -0.494 e. The zero-order valence-corrected chi connectivity index (χ0v) is 15.8. The van der Waals surface area contributed by atoms with Crippen LogP contribution in [0.15, 0.2) is 73.3 Å². The molecule has 0 amide bonds. The van der Waals surface area contributed by atoms with Crippen molar-refractivity contribution in [3.05, 3.63) is 78.9 Å². The molecular weight excluding hydrogens is 336 g/mol. The number of hydrogen-bond acceptors (Lipinski definition) is 3. The molecule has 0 saturated heterocycles. The maximum absolute atomic E-state index is 5.86. The molecule has 0 aromatic heterocycles. The first-order valence-electron chi connectivity index (χ1n) is 9.32. The third kappa shape index (κ3) is 5.27. The number of benzene rings is 3. The largest absolute Gasteiger partial charge is 0.494 e. The van der Waals surface area contributed by atoms with E-state index in [-0.39, 0.29) is 0 Å². The van der Waals surface area contributed by atoms with E-state index < -0.39 is 0 Å². The molecule has 3 aromatic rings. The standard InChI is InChI=1S/C24H26O3/c1-3-8-19-11-14-23(24(17-19)25-2)27-16-7-6-15-26-22-13-12-20-9-4-5-10-21(20)18-22/h3-5,9-14,17-18H,1,6-8,15-16H2,2H3. The van der Waals surface area contributed by atoms with Crippen LogP contribution in [0.25, 0.3) is 10.8 Å². The third-order valence-electron chi connectivity index (χ3n) is 4.39. The van der Waals surface area contributed by atoms with E-state index >= 15 is 0 Å². The number of ether oxygens (including phenoxy) is 3. The van der Waals surface area contributed by atoms with Crippen molar-refractivity contribution in [2.24, 2.45) is 0 Å². The molecule has 3 aromatic carbocycles. The molecule has 0 spiro atoms. The van der Waals surface area contributed by atoms with E-state index in [1.165, 1.54) is 10.8 Å². The minimum absolute atomic E-state index is 0.637. The Morgan fingerprint density at radius 1 is 0.815 bits per heavy atom. The van der Waals surface area contributed by atoms with Gasteiger partial charge in [-0.15, -0.1) is 6.58 Å². The minimum atomic E-state index is 0.637. The molecule has 0 fully saturated rings. The van der Waals surface area contributed by atoms with Gasteiger partial charge in [-0.3, -0.25) is 0 Å². The van der Waals surface area contributed by atoms with Crippen LogP contribution in [-0.4, -0.2) is 20.3 Å². The Morgan fingerprint density at radius 2 is 1.59 bits per heavy atom. The molecule has 0 bridgehead atoms. The van der Waals surface area contributed by atoms with Gasteiger partial charge in [-0.2, -0.15) is 0 Å². The number of allylic oxidation sites excluding steroid dienone is 1. The summed E-state index contributed by atoms with van der Waals surface area (Å²) in [4.78, 5) is 0. The van der Waals surface area contributed by atoms with Crippen molar-refractivity contribution in [1.29, 1.82) is 0 Å². The number of methoxy groups -OCH3 is 1. The summed E-state index contributed by atoms with van der Waals surface area (Å²) < 4.78 is 17.1. The summed E-state index contributed by atoms with van der Waals surface area (Å²) >= 11 is 0. The molecule has 0 aliphatic heterocycles. The van der Waals surface area contributed by atoms with Gasteiger partial charge in [-0.1, -0.05) is 42.5 Å². The molecule has 3 nitrogen and oxygen atoms in total. The van der Waals surface area contributed by atoms with E-state index in [9.17, 15) is 0 Å². The van der Waals surface area contributed by atoms with Gasteiger partial charge in [0.1, 0.15) is 5.75 Å². The summed E-state index contributed by atoms with van der Waals surface area (Å²) in [5.74, 6) is 2.46. The van der Waals surface area contributed by atoms with Crippen molar-refractivity contribution in [1.82, 2.24) is 0 Å². The number of unbranched alkanes of at least 4 members (excludes halogenated alkanes) is 1. The molecule has 140 valence electrons. The van der Waals surface area contributed by atoms with Crippen LogP contribution >= 0.6 is 0 Å². The van der Waals surface area contributed by atoms with Crippen LogP contribution in [0.2, 0.25) is 0 Å². The highest BCUT2D eigenvalue weighted by Crippen LogP contribution is 2.28. The van der Waals surface area contributed by atoms with Gasteiger partial charge in [0.05, 0.1) is 20.3 Å². The molecule has 0 unspecified atom stereocenters. The van der Waals surface area contributed by atoms with Crippen molar-refractivity contribution < 1.29 is 14.2 Å². The summed E-state index contributed by atoms with van der Waals surface area (Å²) in [5.41, 5.74) is 1.16. The Hall–Kier alpha value is -2.94. The van der Waals surface area contributed by atoms with Crippen LogP contribution in [0.1, 0.15) is 18.4 Å². The lowest BCUT2D eigenvalue weighted by molar-refractivity contribution is 0.258. The molecule has 3 rings (SSSR count). The highest BCUT2D eigenvalue weighted by atomic mass is 16.5. The summed E-state index contributed by atoms with van der Waals surface area (Å²) in [6, 6.07) is 20.5. The molecule has 0 heterocycles. The first kappa shape index (κ1) is 18.8. The molecule has 0 aliphatic rings. The van der Waals surface area contributed by atoms with Gasteiger partial charge >= 0.3 is 0 Å². The van der Waals surface area contributed by atoms with Gasteiger partial charge in [0.25, 0.3) is 0 Å². The predicted molar refractivity (Wildman–Crippen MR) is 111 cm³/mol. The Kier molecular flexibility index (Phi) is 6.75. The van der Waals surface area contributed by atoms with Crippen LogP contribution in [0.4, 0.5) is 0 Å². The number of rotatable bonds is 10. The van der Waals surface area contributed by atoms with Crippen LogP contribution in [0, 0.1) is 0 Å². The number of fused-ring (bicyclic) bond motifs is 1. The van der Waals surface area contributed by atoms with Crippen LogP contribution < -0.4 is 14.2 Å². The molecule has 3 heteroatoms. The highest BCUT2D eigenvalue weighted by Gasteiger charge is 2.05. The Morgan fingerprint density at radius 3 is 2.37 bits per heavy atom. The molecule has 0 N–H and O–H groups in total. The fourth-order valence-corrected chi connectivity index (χ4v) is 2.96. The van der Waals surface area contributed by atoms with Gasteiger partial charge in [0.15, 0.2) is 11.5 Å². The third-order valence-corrected chi connectivity index (χ3v) is 4.39. The molecule has 27 heavy (non-hydrogen) atoms. The van der Waals surface area contributed by atoms with Gasteiger partial charge in [0.2, 0.25) is 0 Å². The lowest BCUT2D eigenvalue weighted by Gasteiger charge is -2.12. The van der Waals surface area contributed by atoms with Crippen LogP contribution in [-0.2, 0) is 6.42 Å². The van der Waals surface area contributed by atoms with Crippen LogP contribution in [0.3, 0.4) is 0 Å². The maximum atomic E-state index is 5.86. The van der Waals surface area contributed by atoms with Crippen molar-refractivity contribution in [3.63, 3.8) is 0 Å². The second-order valence-corrected chi connectivity index (χ2v) is 6.39. The monoisotopic (exact) mass is 362 g/mol. The van der Waals surface area contributed by atoms with Gasteiger partial charge < -0.3 is 14.2 Å². The lowest BCUT2D eigenvalue weighted by Crippen LogP contribution is -2.03. The Bertz CT molecular complexity index is 886. The van der Waals surface area contributed by atoms with E-state index in [1.54, 1.807) is 7.11 Å². The molecule has 0 saturated carbocycles.